The van der Waals surface area contributed by atoms with Gasteiger partial charge < -0.3 is 4.81 Å². The lowest BCUT2D eigenvalue weighted by molar-refractivity contribution is 0.679. The van der Waals surface area contributed by atoms with Crippen LogP contribution in [0.25, 0.3) is 0 Å². The molecule has 0 atom stereocenters. The highest BCUT2D eigenvalue weighted by Gasteiger charge is 2.18. The number of hydrogen-bond acceptors (Lipinski definition) is 1. The van der Waals surface area contributed by atoms with Crippen LogP contribution in [0.4, 0.5) is 0 Å². The summed E-state index contributed by atoms with van der Waals surface area (Å²) in [7, 11) is 8.50. The van der Waals surface area contributed by atoms with E-state index >= 15 is 0 Å². The van der Waals surface area contributed by atoms with Crippen molar-refractivity contribution in [2.45, 2.75) is 31.9 Å². The van der Waals surface area contributed by atoms with Crippen molar-refractivity contribution in [3.63, 3.8) is 0 Å². The van der Waals surface area contributed by atoms with Crippen LogP contribution in [0.15, 0.2) is 30.3 Å². The maximum Gasteiger partial charge on any atom is 0.181 e. The first-order chi connectivity index (χ1) is 7.70. The third-order valence-corrected chi connectivity index (χ3v) is 2.88. The molecular formula is C13H21B2N. The van der Waals surface area contributed by atoms with Gasteiger partial charge in [-0.3, -0.25) is 0 Å². The lowest BCUT2D eigenvalue weighted by atomic mass is 9.38. The fraction of sp³-hybridized carbons (Fsp3) is 0.538. The number of nitrogens with zero attached hydrogens (tertiary/aromatic N) is 1. The molecule has 2 rings (SSSR count). The maximum atomic E-state index is 4.94. The molecule has 0 spiro atoms. The Morgan fingerprint density at radius 3 is 2.00 bits per heavy atom. The average molecular weight is 213 g/mol. The summed E-state index contributed by atoms with van der Waals surface area (Å²) in [5, 5.41) is 0. The SMILES string of the molecule is [B]N(C)C.c1ccc(B2CCCCC2)cc1. The highest BCUT2D eigenvalue weighted by Crippen LogP contribution is 2.18. The normalized spacial score (nSPS) is 15.6. The van der Waals surface area contributed by atoms with Gasteiger partial charge in [-0.2, -0.15) is 0 Å². The minimum atomic E-state index is 0.861. The highest BCUT2D eigenvalue weighted by molar-refractivity contribution is 6.73. The molecule has 84 valence electrons. The summed E-state index contributed by atoms with van der Waals surface area (Å²) in [4.78, 5) is 1.50. The van der Waals surface area contributed by atoms with Crippen LogP contribution in [0.1, 0.15) is 19.3 Å². The molecule has 1 nitrogen and oxygen atoms in total. The summed E-state index contributed by atoms with van der Waals surface area (Å²) in [6.45, 7) is 0.861. The van der Waals surface area contributed by atoms with Crippen LogP contribution in [0, 0.1) is 0 Å². The molecule has 0 bridgehead atoms. The number of benzene rings is 1. The minimum Gasteiger partial charge on any atom is -0.359 e. The second-order valence-corrected chi connectivity index (χ2v) is 4.71. The lowest BCUT2D eigenvalue weighted by Gasteiger charge is -2.18. The molecule has 1 aliphatic rings. The molecule has 0 aliphatic carbocycles. The molecule has 0 N–H and O–H groups in total. The Morgan fingerprint density at radius 2 is 1.50 bits per heavy atom. The molecule has 3 heteroatoms. The van der Waals surface area contributed by atoms with Crippen molar-refractivity contribution in [1.29, 1.82) is 0 Å². The van der Waals surface area contributed by atoms with Gasteiger partial charge in [0.15, 0.2) is 14.7 Å². The van der Waals surface area contributed by atoms with Gasteiger partial charge in [0.1, 0.15) is 0 Å². The Bertz CT molecular complexity index is 266. The first kappa shape index (κ1) is 13.4. The second kappa shape index (κ2) is 7.56. The third-order valence-electron chi connectivity index (χ3n) is 2.88. The van der Waals surface area contributed by atoms with E-state index in [1.54, 1.807) is 19.6 Å². The zero-order valence-corrected chi connectivity index (χ0v) is 10.5. The van der Waals surface area contributed by atoms with E-state index in [1.165, 1.54) is 36.7 Å². The topological polar surface area (TPSA) is 3.24 Å². The molecular weight excluding hydrogens is 192 g/mol. The Kier molecular flexibility index (Phi) is 6.32. The molecule has 16 heavy (non-hydrogen) atoms. The third kappa shape index (κ3) is 5.41. The molecule has 1 fully saturated rings. The van der Waals surface area contributed by atoms with Crippen LogP contribution < -0.4 is 5.46 Å². The highest BCUT2D eigenvalue weighted by atomic mass is 14.9. The molecule has 1 saturated heterocycles. The average Bonchev–Trinajstić information content (AvgIpc) is 2.31. The zero-order chi connectivity index (χ0) is 11.8. The molecule has 0 saturated carbocycles. The van der Waals surface area contributed by atoms with Crippen molar-refractivity contribution in [2.24, 2.45) is 0 Å². The summed E-state index contributed by atoms with van der Waals surface area (Å²) in [5.74, 6) is 0. The minimum absolute atomic E-state index is 0.861. The second-order valence-electron chi connectivity index (χ2n) is 4.71. The van der Waals surface area contributed by atoms with Crippen molar-refractivity contribution in [3.05, 3.63) is 30.3 Å². The van der Waals surface area contributed by atoms with E-state index in [-0.39, 0.29) is 0 Å². The molecule has 1 aromatic carbocycles. The summed E-state index contributed by atoms with van der Waals surface area (Å²) in [6.07, 6.45) is 7.12. The Morgan fingerprint density at radius 1 is 1.00 bits per heavy atom. The van der Waals surface area contributed by atoms with Crippen LogP contribution in [-0.2, 0) is 0 Å². The maximum absolute atomic E-state index is 4.94. The van der Waals surface area contributed by atoms with Crippen LogP contribution in [-0.4, -0.2) is 33.6 Å². The Hall–Kier alpha value is -0.690. The van der Waals surface area contributed by atoms with Crippen LogP contribution in [0.2, 0.25) is 12.6 Å². The van der Waals surface area contributed by atoms with Crippen molar-refractivity contribution >= 4 is 20.2 Å². The van der Waals surface area contributed by atoms with Gasteiger partial charge >= 0.3 is 0 Å². The van der Waals surface area contributed by atoms with Gasteiger partial charge in [0.05, 0.1) is 0 Å². The largest absolute Gasteiger partial charge is 0.359 e. The van der Waals surface area contributed by atoms with E-state index in [4.69, 9.17) is 7.98 Å². The van der Waals surface area contributed by atoms with E-state index in [9.17, 15) is 0 Å². The quantitative estimate of drug-likeness (QED) is 0.646. The van der Waals surface area contributed by atoms with Crippen LogP contribution in [0.5, 0.6) is 0 Å². The summed E-state index contributed by atoms with van der Waals surface area (Å²) >= 11 is 0. The van der Waals surface area contributed by atoms with Crippen LogP contribution >= 0.6 is 0 Å². The molecule has 0 unspecified atom stereocenters. The van der Waals surface area contributed by atoms with Crippen molar-refractivity contribution in [1.82, 2.24) is 4.81 Å². The molecule has 1 aromatic rings. The predicted octanol–water partition coefficient (Wildman–Crippen LogP) is 2.20. The van der Waals surface area contributed by atoms with Gasteiger partial charge in [0.2, 0.25) is 0 Å². The number of hydrogen-bond donors (Lipinski definition) is 0. The monoisotopic (exact) mass is 213 g/mol. The first-order valence-corrected chi connectivity index (χ1v) is 6.17. The molecule has 1 aliphatic heterocycles. The standard InChI is InChI=1S/C11H15B.C2H6BN/c1-3-7-11(8-4-1)12-9-5-2-6-10-12;1-4(2)3/h1,3-4,7-8H,2,5-6,9-10H2;1-2H3. The summed E-state index contributed by atoms with van der Waals surface area (Å²) in [5.41, 5.74) is 1.55. The zero-order valence-electron chi connectivity index (χ0n) is 10.5. The van der Waals surface area contributed by atoms with Gasteiger partial charge in [0, 0.05) is 0 Å². The van der Waals surface area contributed by atoms with E-state index < -0.39 is 0 Å². The molecule has 1 heterocycles. The fourth-order valence-electron chi connectivity index (χ4n) is 2.16. The van der Waals surface area contributed by atoms with Crippen molar-refractivity contribution in [3.8, 4) is 0 Å². The van der Waals surface area contributed by atoms with Crippen molar-refractivity contribution < 1.29 is 0 Å². The van der Waals surface area contributed by atoms with Crippen LogP contribution in [0.3, 0.4) is 0 Å². The molecule has 2 radical (unpaired) electrons. The van der Waals surface area contributed by atoms with Gasteiger partial charge in [-0.15, -0.1) is 0 Å². The smallest absolute Gasteiger partial charge is 0.181 e. The predicted molar refractivity (Wildman–Crippen MR) is 74.7 cm³/mol. The van der Waals surface area contributed by atoms with Crippen molar-refractivity contribution in [2.75, 3.05) is 14.1 Å². The van der Waals surface area contributed by atoms with Gasteiger partial charge in [0.25, 0.3) is 0 Å². The first-order valence-electron chi connectivity index (χ1n) is 6.17. The number of rotatable bonds is 1. The Labute approximate surface area is 102 Å². The van der Waals surface area contributed by atoms with Gasteiger partial charge in [-0.25, -0.2) is 0 Å². The van der Waals surface area contributed by atoms with Gasteiger partial charge in [-0.1, -0.05) is 67.7 Å². The van der Waals surface area contributed by atoms with E-state index in [0.29, 0.717) is 0 Å². The lowest BCUT2D eigenvalue weighted by Crippen LogP contribution is -2.31. The summed E-state index contributed by atoms with van der Waals surface area (Å²) in [6, 6.07) is 11.0. The Balaban J connectivity index is 0.000000280. The van der Waals surface area contributed by atoms with E-state index in [1.807, 2.05) is 0 Å². The van der Waals surface area contributed by atoms with E-state index in [0.717, 1.165) is 6.71 Å². The van der Waals surface area contributed by atoms with Gasteiger partial charge in [-0.05, 0) is 14.1 Å². The van der Waals surface area contributed by atoms with E-state index in [2.05, 4.69) is 30.3 Å². The molecule has 0 amide bonds. The summed E-state index contributed by atoms with van der Waals surface area (Å²) < 4.78 is 0. The molecule has 0 aromatic heterocycles. The fourth-order valence-corrected chi connectivity index (χ4v) is 2.16.